The van der Waals surface area contributed by atoms with E-state index in [2.05, 4.69) is 5.10 Å². The molecule has 2 fully saturated rings. The first-order chi connectivity index (χ1) is 9.24. The zero-order valence-electron chi connectivity index (χ0n) is 11.4. The minimum atomic E-state index is 0.141. The first-order valence-electron chi connectivity index (χ1n) is 7.13. The zero-order valence-corrected chi connectivity index (χ0v) is 11.4. The Morgan fingerprint density at radius 1 is 1.47 bits per heavy atom. The molecule has 5 nitrogen and oxygen atoms in total. The minimum absolute atomic E-state index is 0.141. The molecule has 0 radical (unpaired) electrons. The van der Waals surface area contributed by atoms with Crippen LogP contribution in [0, 0.1) is 0 Å². The third kappa shape index (κ3) is 2.66. The second-order valence-corrected chi connectivity index (χ2v) is 5.53. The Kier molecular flexibility index (Phi) is 3.55. The number of hydrogen-bond acceptors (Lipinski definition) is 3. The molecule has 0 unspecified atom stereocenters. The summed E-state index contributed by atoms with van der Waals surface area (Å²) < 4.78 is 7.37. The molecule has 0 aromatic carbocycles. The van der Waals surface area contributed by atoms with Gasteiger partial charge in [0, 0.05) is 32.0 Å². The molecule has 1 amide bonds. The number of amides is 1. The highest BCUT2D eigenvalue weighted by molar-refractivity contribution is 5.77. The molecule has 5 heteroatoms. The number of carbonyl (C=O) groups is 1. The molecule has 0 aliphatic carbocycles. The van der Waals surface area contributed by atoms with E-state index in [4.69, 9.17) is 4.74 Å². The number of carbonyl (C=O) groups excluding carboxylic acids is 1. The van der Waals surface area contributed by atoms with Crippen LogP contribution in [0.25, 0.3) is 0 Å². The molecule has 1 aromatic rings. The van der Waals surface area contributed by atoms with Crippen LogP contribution in [0.15, 0.2) is 12.4 Å². The lowest BCUT2D eigenvalue weighted by atomic mass is 10.1. The highest BCUT2D eigenvalue weighted by atomic mass is 16.5. The van der Waals surface area contributed by atoms with Crippen LogP contribution in [0.3, 0.4) is 0 Å². The third-order valence-electron chi connectivity index (χ3n) is 4.11. The van der Waals surface area contributed by atoms with Gasteiger partial charge in [-0.25, -0.2) is 0 Å². The van der Waals surface area contributed by atoms with Gasteiger partial charge in [0.2, 0.25) is 5.91 Å². The van der Waals surface area contributed by atoms with Crippen LogP contribution >= 0.6 is 0 Å². The van der Waals surface area contributed by atoms with Crippen LogP contribution in [0.1, 0.15) is 43.7 Å². The normalized spacial score (nSPS) is 27.1. The monoisotopic (exact) mass is 263 g/mol. The number of ether oxygens (including phenoxy) is 1. The van der Waals surface area contributed by atoms with Crippen molar-refractivity contribution in [3.05, 3.63) is 18.0 Å². The van der Waals surface area contributed by atoms with Crippen molar-refractivity contribution in [2.75, 3.05) is 13.2 Å². The molecule has 2 saturated heterocycles. The second kappa shape index (κ2) is 5.33. The van der Waals surface area contributed by atoms with Crippen molar-refractivity contribution in [2.24, 2.45) is 7.05 Å². The van der Waals surface area contributed by atoms with E-state index in [0.29, 0.717) is 6.42 Å². The Morgan fingerprint density at radius 3 is 3.05 bits per heavy atom. The SMILES string of the molecule is Cn1cc([C@@H]2CCCN2C(=O)C[C@@H]2CCCO2)cn1. The number of aryl methyl sites for hydroxylation is 1. The summed E-state index contributed by atoms with van der Waals surface area (Å²) in [5.41, 5.74) is 1.15. The maximum absolute atomic E-state index is 12.4. The molecule has 104 valence electrons. The Morgan fingerprint density at radius 2 is 2.37 bits per heavy atom. The predicted octanol–water partition coefficient (Wildman–Crippen LogP) is 1.65. The molecule has 2 atom stereocenters. The first-order valence-corrected chi connectivity index (χ1v) is 7.13. The summed E-state index contributed by atoms with van der Waals surface area (Å²) >= 11 is 0. The largest absolute Gasteiger partial charge is 0.378 e. The number of aromatic nitrogens is 2. The van der Waals surface area contributed by atoms with Crippen molar-refractivity contribution in [1.82, 2.24) is 14.7 Å². The van der Waals surface area contributed by atoms with Gasteiger partial charge in [-0.2, -0.15) is 5.10 Å². The molecule has 0 N–H and O–H groups in total. The van der Waals surface area contributed by atoms with Crippen LogP contribution in [-0.4, -0.2) is 39.8 Å². The molecule has 0 spiro atoms. The van der Waals surface area contributed by atoms with Crippen LogP contribution in [0.2, 0.25) is 0 Å². The molecule has 3 heterocycles. The lowest BCUT2D eigenvalue weighted by molar-refractivity contribution is -0.134. The van der Waals surface area contributed by atoms with Crippen LogP contribution < -0.4 is 0 Å². The summed E-state index contributed by atoms with van der Waals surface area (Å²) in [7, 11) is 1.91. The highest BCUT2D eigenvalue weighted by Gasteiger charge is 2.32. The summed E-state index contributed by atoms with van der Waals surface area (Å²) in [5.74, 6) is 0.234. The van der Waals surface area contributed by atoms with Gasteiger partial charge >= 0.3 is 0 Å². The van der Waals surface area contributed by atoms with Crippen molar-refractivity contribution in [3.63, 3.8) is 0 Å². The van der Waals surface area contributed by atoms with Crippen molar-refractivity contribution >= 4 is 5.91 Å². The van der Waals surface area contributed by atoms with E-state index in [1.54, 1.807) is 4.68 Å². The van der Waals surface area contributed by atoms with E-state index >= 15 is 0 Å². The fraction of sp³-hybridized carbons (Fsp3) is 0.714. The molecule has 0 bridgehead atoms. The zero-order chi connectivity index (χ0) is 13.2. The van der Waals surface area contributed by atoms with Crippen molar-refractivity contribution in [3.8, 4) is 0 Å². The Balaban J connectivity index is 1.66. The smallest absolute Gasteiger partial charge is 0.225 e. The maximum Gasteiger partial charge on any atom is 0.225 e. The molecule has 1 aromatic heterocycles. The molecule has 0 saturated carbocycles. The molecular weight excluding hydrogens is 242 g/mol. The molecule has 2 aliphatic heterocycles. The van der Waals surface area contributed by atoms with E-state index in [-0.39, 0.29) is 18.1 Å². The lowest BCUT2D eigenvalue weighted by Crippen LogP contribution is -2.32. The summed E-state index contributed by atoms with van der Waals surface area (Å²) in [6.07, 6.45) is 8.81. The van der Waals surface area contributed by atoms with Gasteiger partial charge in [0.1, 0.15) is 0 Å². The Labute approximate surface area is 113 Å². The highest BCUT2D eigenvalue weighted by Crippen LogP contribution is 2.32. The van der Waals surface area contributed by atoms with E-state index in [9.17, 15) is 4.79 Å². The fourth-order valence-electron chi connectivity index (χ4n) is 3.14. The number of nitrogens with zero attached hydrogens (tertiary/aromatic N) is 3. The van der Waals surface area contributed by atoms with Crippen LogP contribution in [0.5, 0.6) is 0 Å². The van der Waals surface area contributed by atoms with E-state index in [0.717, 1.165) is 44.4 Å². The van der Waals surface area contributed by atoms with Crippen LogP contribution in [0.4, 0.5) is 0 Å². The quantitative estimate of drug-likeness (QED) is 0.833. The molecule has 19 heavy (non-hydrogen) atoms. The van der Waals surface area contributed by atoms with Crippen LogP contribution in [-0.2, 0) is 16.6 Å². The van der Waals surface area contributed by atoms with Crippen molar-refractivity contribution < 1.29 is 9.53 Å². The average molecular weight is 263 g/mol. The van der Waals surface area contributed by atoms with Crippen molar-refractivity contribution in [1.29, 1.82) is 0 Å². The second-order valence-electron chi connectivity index (χ2n) is 5.53. The standard InChI is InChI=1S/C14H21N3O2/c1-16-10-11(9-15-16)13-5-2-6-17(13)14(18)8-12-4-3-7-19-12/h9-10,12-13H,2-8H2,1H3/t12-,13-/m0/s1. The minimum Gasteiger partial charge on any atom is -0.378 e. The Hall–Kier alpha value is -1.36. The summed E-state index contributed by atoms with van der Waals surface area (Å²) in [4.78, 5) is 14.4. The number of rotatable bonds is 3. The van der Waals surface area contributed by atoms with E-state index in [1.807, 2.05) is 24.3 Å². The van der Waals surface area contributed by atoms with Gasteiger partial charge in [0.15, 0.2) is 0 Å². The van der Waals surface area contributed by atoms with Gasteiger partial charge in [-0.3, -0.25) is 9.48 Å². The summed E-state index contributed by atoms with van der Waals surface area (Å²) in [5, 5.41) is 4.21. The van der Waals surface area contributed by atoms with Gasteiger partial charge in [-0.05, 0) is 25.7 Å². The summed E-state index contributed by atoms with van der Waals surface area (Å²) in [6, 6.07) is 0.211. The van der Waals surface area contributed by atoms with Gasteiger partial charge in [0.05, 0.1) is 24.8 Å². The number of likely N-dealkylation sites (tertiary alicyclic amines) is 1. The van der Waals surface area contributed by atoms with Gasteiger partial charge in [-0.15, -0.1) is 0 Å². The fourth-order valence-corrected chi connectivity index (χ4v) is 3.14. The van der Waals surface area contributed by atoms with Gasteiger partial charge < -0.3 is 9.64 Å². The maximum atomic E-state index is 12.4. The predicted molar refractivity (Wildman–Crippen MR) is 70.5 cm³/mol. The third-order valence-corrected chi connectivity index (χ3v) is 4.11. The lowest BCUT2D eigenvalue weighted by Gasteiger charge is -2.25. The Bertz CT molecular complexity index is 451. The average Bonchev–Trinajstić information content (AvgIpc) is 3.07. The van der Waals surface area contributed by atoms with E-state index < -0.39 is 0 Å². The number of hydrogen-bond donors (Lipinski definition) is 0. The van der Waals surface area contributed by atoms with E-state index in [1.165, 1.54) is 0 Å². The molecule has 3 rings (SSSR count). The molecule has 2 aliphatic rings. The summed E-state index contributed by atoms with van der Waals surface area (Å²) in [6.45, 7) is 1.68. The first kappa shape index (κ1) is 12.7. The van der Waals surface area contributed by atoms with Gasteiger partial charge in [-0.1, -0.05) is 0 Å². The van der Waals surface area contributed by atoms with Gasteiger partial charge in [0.25, 0.3) is 0 Å². The molecular formula is C14H21N3O2. The van der Waals surface area contributed by atoms with Crippen molar-refractivity contribution in [2.45, 2.75) is 44.2 Å². The topological polar surface area (TPSA) is 47.4 Å².